The summed E-state index contributed by atoms with van der Waals surface area (Å²) in [6.45, 7) is 3.49. The topological polar surface area (TPSA) is 75.7 Å². The Morgan fingerprint density at radius 2 is 1.75 bits per heavy atom. The molecule has 1 amide bonds. The van der Waals surface area contributed by atoms with E-state index in [2.05, 4.69) is 5.32 Å². The van der Waals surface area contributed by atoms with Gasteiger partial charge in [0.1, 0.15) is 12.4 Å². The minimum absolute atomic E-state index is 0.169. The monoisotopic (exact) mass is 452 g/mol. The van der Waals surface area contributed by atoms with Crippen molar-refractivity contribution in [2.45, 2.75) is 31.1 Å². The van der Waals surface area contributed by atoms with Crippen LogP contribution in [0.1, 0.15) is 35.2 Å². The number of amides is 1. The number of ether oxygens (including phenoxy) is 1. The molecule has 7 heteroatoms. The van der Waals surface area contributed by atoms with Gasteiger partial charge in [-0.1, -0.05) is 48.9 Å². The summed E-state index contributed by atoms with van der Waals surface area (Å²) < 4.78 is 33.3. The highest BCUT2D eigenvalue weighted by Crippen LogP contribution is 2.25. The van der Waals surface area contributed by atoms with E-state index in [-0.39, 0.29) is 10.8 Å². The predicted octanol–water partition coefficient (Wildman–Crippen LogP) is 4.13. The molecule has 32 heavy (non-hydrogen) atoms. The summed E-state index contributed by atoms with van der Waals surface area (Å²) in [5.41, 5.74) is 1.10. The van der Waals surface area contributed by atoms with Gasteiger partial charge in [0, 0.05) is 24.0 Å². The SMILES string of the molecule is Cc1ccc(S(=O)(=O)N2CCCCC2)cc1C(=O)NCCOc1cccc2ccccc12. The van der Waals surface area contributed by atoms with Crippen molar-refractivity contribution >= 4 is 26.7 Å². The summed E-state index contributed by atoms with van der Waals surface area (Å²) in [5, 5.41) is 4.96. The number of hydrogen-bond donors (Lipinski definition) is 1. The van der Waals surface area contributed by atoms with Crippen molar-refractivity contribution < 1.29 is 17.9 Å². The number of aryl methyl sites for hydroxylation is 1. The van der Waals surface area contributed by atoms with Crippen LogP contribution in [0.4, 0.5) is 0 Å². The Hall–Kier alpha value is -2.90. The maximum atomic E-state index is 13.0. The minimum atomic E-state index is -3.59. The number of nitrogens with zero attached hydrogens (tertiary/aromatic N) is 1. The summed E-state index contributed by atoms with van der Waals surface area (Å²) in [7, 11) is -3.59. The molecule has 1 aliphatic heterocycles. The van der Waals surface area contributed by atoms with Crippen LogP contribution >= 0.6 is 0 Å². The lowest BCUT2D eigenvalue weighted by Crippen LogP contribution is -2.36. The third-order valence-corrected chi connectivity index (χ3v) is 7.70. The molecule has 0 unspecified atom stereocenters. The average Bonchev–Trinajstić information content (AvgIpc) is 2.82. The van der Waals surface area contributed by atoms with E-state index in [0.29, 0.717) is 31.8 Å². The van der Waals surface area contributed by atoms with Crippen LogP contribution in [0.2, 0.25) is 0 Å². The van der Waals surface area contributed by atoms with E-state index < -0.39 is 10.0 Å². The Bertz CT molecular complexity index is 1210. The fourth-order valence-corrected chi connectivity index (χ4v) is 5.55. The van der Waals surface area contributed by atoms with Crippen molar-refractivity contribution in [1.82, 2.24) is 9.62 Å². The predicted molar refractivity (Wildman–Crippen MR) is 126 cm³/mol. The smallest absolute Gasteiger partial charge is 0.251 e. The van der Waals surface area contributed by atoms with Gasteiger partial charge >= 0.3 is 0 Å². The lowest BCUT2D eigenvalue weighted by molar-refractivity contribution is 0.0946. The Morgan fingerprint density at radius 1 is 1.00 bits per heavy atom. The highest BCUT2D eigenvalue weighted by atomic mass is 32.2. The number of hydrogen-bond acceptors (Lipinski definition) is 4. The summed E-state index contributed by atoms with van der Waals surface area (Å²) in [5.74, 6) is 0.461. The Kier molecular flexibility index (Phi) is 6.77. The molecule has 0 spiro atoms. The van der Waals surface area contributed by atoms with Gasteiger partial charge in [0.05, 0.1) is 11.4 Å². The maximum absolute atomic E-state index is 13.0. The quantitative estimate of drug-likeness (QED) is 0.547. The van der Waals surface area contributed by atoms with E-state index >= 15 is 0 Å². The van der Waals surface area contributed by atoms with Gasteiger partial charge in [0.15, 0.2) is 0 Å². The molecule has 1 heterocycles. The number of fused-ring (bicyclic) bond motifs is 1. The summed E-state index contributed by atoms with van der Waals surface area (Å²) >= 11 is 0. The zero-order valence-corrected chi connectivity index (χ0v) is 19.0. The zero-order valence-electron chi connectivity index (χ0n) is 18.2. The van der Waals surface area contributed by atoms with Gasteiger partial charge in [-0.25, -0.2) is 8.42 Å². The number of benzene rings is 3. The van der Waals surface area contributed by atoms with Gasteiger partial charge in [-0.05, 0) is 48.9 Å². The summed E-state index contributed by atoms with van der Waals surface area (Å²) in [6, 6.07) is 18.6. The Balaban J connectivity index is 1.40. The first kappa shape index (κ1) is 22.3. The number of sulfonamides is 1. The van der Waals surface area contributed by atoms with Crippen molar-refractivity contribution in [2.75, 3.05) is 26.2 Å². The molecule has 0 bridgehead atoms. The second-order valence-corrected chi connectivity index (χ2v) is 9.96. The second kappa shape index (κ2) is 9.71. The highest BCUT2D eigenvalue weighted by Gasteiger charge is 2.27. The van der Waals surface area contributed by atoms with Crippen LogP contribution in [0, 0.1) is 6.92 Å². The molecule has 1 N–H and O–H groups in total. The zero-order chi connectivity index (χ0) is 22.6. The molecule has 0 saturated carbocycles. The Labute approximate surface area is 189 Å². The molecule has 4 rings (SSSR count). The summed E-state index contributed by atoms with van der Waals surface area (Å²) in [6.07, 6.45) is 2.79. The molecule has 0 radical (unpaired) electrons. The largest absolute Gasteiger partial charge is 0.491 e. The molecule has 0 aliphatic carbocycles. The van der Waals surface area contributed by atoms with Crippen molar-refractivity contribution in [3.63, 3.8) is 0 Å². The third kappa shape index (κ3) is 4.79. The average molecular weight is 453 g/mol. The number of nitrogens with one attached hydrogen (secondary N) is 1. The molecule has 3 aromatic carbocycles. The van der Waals surface area contributed by atoms with Crippen LogP contribution in [0.15, 0.2) is 65.6 Å². The molecule has 168 valence electrons. The van der Waals surface area contributed by atoms with Crippen LogP contribution in [-0.4, -0.2) is 44.9 Å². The van der Waals surface area contributed by atoms with E-state index in [1.54, 1.807) is 19.1 Å². The number of rotatable bonds is 7. The minimum Gasteiger partial charge on any atom is -0.491 e. The van der Waals surface area contributed by atoms with Crippen LogP contribution in [-0.2, 0) is 10.0 Å². The first-order chi connectivity index (χ1) is 15.5. The third-order valence-electron chi connectivity index (χ3n) is 5.80. The lowest BCUT2D eigenvalue weighted by Gasteiger charge is -2.26. The van der Waals surface area contributed by atoms with Crippen molar-refractivity contribution in [2.24, 2.45) is 0 Å². The van der Waals surface area contributed by atoms with E-state index in [1.807, 2.05) is 42.5 Å². The number of carbonyl (C=O) groups excluding carboxylic acids is 1. The van der Waals surface area contributed by atoms with Crippen molar-refractivity contribution in [1.29, 1.82) is 0 Å². The Morgan fingerprint density at radius 3 is 2.56 bits per heavy atom. The van der Waals surface area contributed by atoms with E-state index in [0.717, 1.165) is 41.3 Å². The van der Waals surface area contributed by atoms with Gasteiger partial charge in [-0.3, -0.25) is 4.79 Å². The first-order valence-electron chi connectivity index (χ1n) is 11.0. The maximum Gasteiger partial charge on any atom is 0.251 e. The molecule has 3 aromatic rings. The highest BCUT2D eigenvalue weighted by molar-refractivity contribution is 7.89. The van der Waals surface area contributed by atoms with E-state index in [4.69, 9.17) is 4.74 Å². The van der Waals surface area contributed by atoms with Gasteiger partial charge < -0.3 is 10.1 Å². The van der Waals surface area contributed by atoms with Crippen molar-refractivity contribution in [3.8, 4) is 5.75 Å². The molecule has 0 atom stereocenters. The van der Waals surface area contributed by atoms with Crippen LogP contribution < -0.4 is 10.1 Å². The van der Waals surface area contributed by atoms with Gasteiger partial charge in [-0.15, -0.1) is 0 Å². The first-order valence-corrected chi connectivity index (χ1v) is 12.4. The molecular formula is C25H28N2O4S. The molecule has 1 aliphatic rings. The lowest BCUT2D eigenvalue weighted by atomic mass is 10.1. The van der Waals surface area contributed by atoms with E-state index in [1.165, 1.54) is 10.4 Å². The molecule has 1 saturated heterocycles. The fraction of sp³-hybridized carbons (Fsp3) is 0.320. The van der Waals surface area contributed by atoms with Crippen LogP contribution in [0.3, 0.4) is 0 Å². The normalized spacial score (nSPS) is 14.9. The van der Waals surface area contributed by atoms with Gasteiger partial charge in [-0.2, -0.15) is 4.31 Å². The summed E-state index contributed by atoms with van der Waals surface area (Å²) in [4.78, 5) is 12.9. The van der Waals surface area contributed by atoms with Gasteiger partial charge in [0.2, 0.25) is 10.0 Å². The molecule has 0 aromatic heterocycles. The molecular weight excluding hydrogens is 424 g/mol. The molecule has 1 fully saturated rings. The molecule has 6 nitrogen and oxygen atoms in total. The standard InChI is InChI=1S/C25H28N2O4S/c1-19-12-13-21(32(29,30)27-15-5-2-6-16-27)18-23(19)25(28)26-14-17-31-24-11-7-9-20-8-3-4-10-22(20)24/h3-4,7-13,18H,2,5-6,14-17H2,1H3,(H,26,28). The van der Waals surface area contributed by atoms with Crippen LogP contribution in [0.25, 0.3) is 10.8 Å². The second-order valence-electron chi connectivity index (χ2n) is 8.02. The van der Waals surface area contributed by atoms with Crippen molar-refractivity contribution in [3.05, 3.63) is 71.8 Å². The number of carbonyl (C=O) groups is 1. The van der Waals surface area contributed by atoms with E-state index in [9.17, 15) is 13.2 Å². The van der Waals surface area contributed by atoms with Crippen LogP contribution in [0.5, 0.6) is 5.75 Å². The number of piperidine rings is 1. The fourth-order valence-electron chi connectivity index (χ4n) is 4.00. The van der Waals surface area contributed by atoms with Gasteiger partial charge in [0.25, 0.3) is 5.91 Å².